The number of carbonyl (C=O) groups is 1. The molecule has 120 valence electrons. The van der Waals surface area contributed by atoms with E-state index < -0.39 is 11.9 Å². The van der Waals surface area contributed by atoms with Gasteiger partial charge >= 0.3 is 5.97 Å². The van der Waals surface area contributed by atoms with E-state index in [1.54, 1.807) is 7.11 Å². The van der Waals surface area contributed by atoms with Gasteiger partial charge in [-0.1, -0.05) is 0 Å². The molecule has 0 bridgehead atoms. The average molecular weight is 300 g/mol. The molecule has 6 nitrogen and oxygen atoms in total. The highest BCUT2D eigenvalue weighted by atomic mass is 16.8. The van der Waals surface area contributed by atoms with Crippen molar-refractivity contribution < 1.29 is 28.8 Å². The minimum atomic E-state index is -0.689. The lowest BCUT2D eigenvalue weighted by atomic mass is 9.70. The second kappa shape index (κ2) is 5.19. The molecule has 0 amide bonds. The van der Waals surface area contributed by atoms with Gasteiger partial charge in [-0.15, -0.1) is 0 Å². The molecule has 1 unspecified atom stereocenters. The number of fused-ring (bicyclic) bond motifs is 3. The van der Waals surface area contributed by atoms with E-state index >= 15 is 0 Å². The SMILES string of the molecule is COC(=O)C1C[C@@H](O)[C@H](OC)[C@H]2[C@@H]3OC(C)(C)O[C@@H]3C[C@@H]12. The summed E-state index contributed by atoms with van der Waals surface area (Å²) >= 11 is 0. The van der Waals surface area contributed by atoms with Gasteiger partial charge in [-0.25, -0.2) is 0 Å². The summed E-state index contributed by atoms with van der Waals surface area (Å²) in [7, 11) is 2.98. The van der Waals surface area contributed by atoms with Gasteiger partial charge in [-0.05, 0) is 32.6 Å². The number of hydrogen-bond donors (Lipinski definition) is 1. The highest BCUT2D eigenvalue weighted by Crippen LogP contribution is 2.53. The number of aliphatic hydroxyl groups is 1. The smallest absolute Gasteiger partial charge is 0.309 e. The van der Waals surface area contributed by atoms with E-state index in [-0.39, 0.29) is 42.0 Å². The number of carbonyl (C=O) groups excluding carboxylic acids is 1. The maximum absolute atomic E-state index is 12.0. The van der Waals surface area contributed by atoms with Gasteiger partial charge in [-0.2, -0.15) is 0 Å². The molecule has 1 N–H and O–H groups in total. The van der Waals surface area contributed by atoms with Gasteiger partial charge in [0.2, 0.25) is 0 Å². The maximum Gasteiger partial charge on any atom is 0.309 e. The minimum Gasteiger partial charge on any atom is -0.469 e. The lowest BCUT2D eigenvalue weighted by Gasteiger charge is -2.42. The summed E-state index contributed by atoms with van der Waals surface area (Å²) in [5.74, 6) is -1.19. The summed E-state index contributed by atoms with van der Waals surface area (Å²) in [6, 6.07) is 0. The third-order valence-corrected chi connectivity index (χ3v) is 5.15. The van der Waals surface area contributed by atoms with Crippen LogP contribution in [0.3, 0.4) is 0 Å². The van der Waals surface area contributed by atoms with Crippen LogP contribution in [-0.2, 0) is 23.7 Å². The Balaban J connectivity index is 1.89. The first-order valence-corrected chi connectivity index (χ1v) is 7.52. The van der Waals surface area contributed by atoms with Crippen LogP contribution in [0.1, 0.15) is 26.7 Å². The number of esters is 1. The first-order chi connectivity index (χ1) is 9.88. The fourth-order valence-corrected chi connectivity index (χ4v) is 4.47. The second-order valence-corrected chi connectivity index (χ2v) is 6.75. The molecule has 3 aliphatic rings. The van der Waals surface area contributed by atoms with Crippen molar-refractivity contribution in [1.29, 1.82) is 0 Å². The monoisotopic (exact) mass is 300 g/mol. The molecule has 21 heavy (non-hydrogen) atoms. The van der Waals surface area contributed by atoms with Gasteiger partial charge in [0.25, 0.3) is 0 Å². The molecular weight excluding hydrogens is 276 g/mol. The lowest BCUT2D eigenvalue weighted by Crippen LogP contribution is -2.51. The molecule has 0 aromatic carbocycles. The van der Waals surface area contributed by atoms with Crippen LogP contribution in [0.15, 0.2) is 0 Å². The number of aliphatic hydroxyl groups excluding tert-OH is 1. The van der Waals surface area contributed by atoms with Crippen LogP contribution in [-0.4, -0.2) is 55.5 Å². The third-order valence-electron chi connectivity index (χ3n) is 5.15. The molecule has 2 saturated carbocycles. The summed E-state index contributed by atoms with van der Waals surface area (Å²) < 4.78 is 22.4. The van der Waals surface area contributed by atoms with E-state index in [2.05, 4.69) is 0 Å². The van der Waals surface area contributed by atoms with Gasteiger partial charge in [-0.3, -0.25) is 4.79 Å². The van der Waals surface area contributed by atoms with Crippen molar-refractivity contribution in [3.63, 3.8) is 0 Å². The number of methoxy groups -OCH3 is 2. The maximum atomic E-state index is 12.0. The molecule has 1 aliphatic heterocycles. The number of ether oxygens (including phenoxy) is 4. The van der Waals surface area contributed by atoms with E-state index in [1.165, 1.54) is 7.11 Å². The first kappa shape index (κ1) is 15.2. The first-order valence-electron chi connectivity index (χ1n) is 7.52. The zero-order valence-electron chi connectivity index (χ0n) is 12.9. The average Bonchev–Trinajstić information content (AvgIpc) is 2.89. The number of hydrogen-bond acceptors (Lipinski definition) is 6. The molecule has 0 aromatic heterocycles. The van der Waals surface area contributed by atoms with Crippen molar-refractivity contribution in [3.05, 3.63) is 0 Å². The molecule has 0 spiro atoms. The Morgan fingerprint density at radius 1 is 1.24 bits per heavy atom. The molecule has 0 radical (unpaired) electrons. The zero-order valence-corrected chi connectivity index (χ0v) is 12.9. The fourth-order valence-electron chi connectivity index (χ4n) is 4.47. The molecule has 3 fully saturated rings. The summed E-state index contributed by atoms with van der Waals surface area (Å²) in [4.78, 5) is 12.0. The number of rotatable bonds is 2. The molecule has 6 heteroatoms. The van der Waals surface area contributed by atoms with Crippen molar-refractivity contribution in [2.75, 3.05) is 14.2 Å². The lowest BCUT2D eigenvalue weighted by molar-refractivity contribution is -0.191. The van der Waals surface area contributed by atoms with Gasteiger partial charge in [0, 0.05) is 13.0 Å². The largest absolute Gasteiger partial charge is 0.469 e. The van der Waals surface area contributed by atoms with Crippen LogP contribution in [0.2, 0.25) is 0 Å². The van der Waals surface area contributed by atoms with E-state index in [1.807, 2.05) is 13.8 Å². The highest BCUT2D eigenvalue weighted by Gasteiger charge is 2.61. The van der Waals surface area contributed by atoms with Crippen LogP contribution < -0.4 is 0 Å². The summed E-state index contributed by atoms with van der Waals surface area (Å²) in [6.45, 7) is 3.78. The third kappa shape index (κ3) is 2.38. The molecule has 2 aliphatic carbocycles. The Hall–Kier alpha value is -0.690. The second-order valence-electron chi connectivity index (χ2n) is 6.75. The Labute approximate surface area is 124 Å². The van der Waals surface area contributed by atoms with Gasteiger partial charge in [0.05, 0.1) is 37.4 Å². The Bertz CT molecular complexity index is 422. The van der Waals surface area contributed by atoms with Crippen LogP contribution in [0.4, 0.5) is 0 Å². The summed E-state index contributed by atoms with van der Waals surface area (Å²) in [6.07, 6.45) is -0.0997. The predicted octanol–water partition coefficient (Wildman–Crippen LogP) is 0.711. The Morgan fingerprint density at radius 3 is 2.57 bits per heavy atom. The molecule has 0 aromatic rings. The summed E-state index contributed by atoms with van der Waals surface area (Å²) in [5, 5.41) is 10.4. The van der Waals surface area contributed by atoms with Crippen LogP contribution >= 0.6 is 0 Å². The van der Waals surface area contributed by atoms with Crippen molar-refractivity contribution in [1.82, 2.24) is 0 Å². The van der Waals surface area contributed by atoms with Gasteiger partial charge < -0.3 is 24.1 Å². The topological polar surface area (TPSA) is 74.2 Å². The fraction of sp³-hybridized carbons (Fsp3) is 0.933. The van der Waals surface area contributed by atoms with E-state index in [9.17, 15) is 9.90 Å². The van der Waals surface area contributed by atoms with Crippen LogP contribution in [0, 0.1) is 17.8 Å². The van der Waals surface area contributed by atoms with Gasteiger partial charge in [0.1, 0.15) is 0 Å². The molecule has 1 saturated heterocycles. The standard InChI is InChI=1S/C15H24O6/c1-15(2)20-10-6-7-8(14(17)19-4)5-9(16)12(18-3)11(7)13(10)21-15/h7-13,16H,5-6H2,1-4H3/t7-,8?,9+,10+,11-,12-,13+/m0/s1. The normalized spacial score (nSPS) is 47.8. The van der Waals surface area contributed by atoms with Crippen molar-refractivity contribution >= 4 is 5.97 Å². The zero-order chi connectivity index (χ0) is 15.4. The molecular formula is C15H24O6. The van der Waals surface area contributed by atoms with Gasteiger partial charge in [0.15, 0.2) is 5.79 Å². The van der Waals surface area contributed by atoms with Crippen LogP contribution in [0.5, 0.6) is 0 Å². The highest BCUT2D eigenvalue weighted by molar-refractivity contribution is 5.73. The molecule has 7 atom stereocenters. The summed E-state index contributed by atoms with van der Waals surface area (Å²) in [5.41, 5.74) is 0. The predicted molar refractivity (Wildman–Crippen MR) is 72.3 cm³/mol. The van der Waals surface area contributed by atoms with E-state index in [0.717, 1.165) is 6.42 Å². The Kier molecular flexibility index (Phi) is 3.76. The molecule has 3 rings (SSSR count). The van der Waals surface area contributed by atoms with E-state index in [4.69, 9.17) is 18.9 Å². The van der Waals surface area contributed by atoms with Crippen molar-refractivity contribution in [3.8, 4) is 0 Å². The minimum absolute atomic E-state index is 0.0466. The van der Waals surface area contributed by atoms with E-state index in [0.29, 0.717) is 6.42 Å². The quantitative estimate of drug-likeness (QED) is 0.757. The molecule has 1 heterocycles. The van der Waals surface area contributed by atoms with Crippen molar-refractivity contribution in [2.24, 2.45) is 17.8 Å². The Morgan fingerprint density at radius 2 is 1.95 bits per heavy atom. The van der Waals surface area contributed by atoms with Crippen molar-refractivity contribution in [2.45, 2.75) is 56.9 Å². The van der Waals surface area contributed by atoms with Crippen LogP contribution in [0.25, 0.3) is 0 Å².